The highest BCUT2D eigenvalue weighted by molar-refractivity contribution is 5.29. The minimum absolute atomic E-state index is 0.303. The van der Waals surface area contributed by atoms with E-state index < -0.39 is 0 Å². The van der Waals surface area contributed by atoms with Gasteiger partial charge in [0.05, 0.1) is 5.92 Å². The first-order chi connectivity index (χ1) is 6.24. The summed E-state index contributed by atoms with van der Waals surface area (Å²) in [4.78, 5) is 0. The molecule has 0 heterocycles. The second-order valence-corrected chi connectivity index (χ2v) is 3.36. The molecule has 0 N–H and O–H groups in total. The van der Waals surface area contributed by atoms with E-state index in [1.54, 1.807) is 0 Å². The van der Waals surface area contributed by atoms with Crippen molar-refractivity contribution in [3.8, 4) is 11.8 Å². The third kappa shape index (κ3) is 2.95. The van der Waals surface area contributed by atoms with Gasteiger partial charge in [-0.15, -0.1) is 0 Å². The van der Waals surface area contributed by atoms with Gasteiger partial charge in [-0.2, -0.15) is 0 Å². The Labute approximate surface area is 81.0 Å². The Balaban J connectivity index is 2.88. The highest BCUT2D eigenvalue weighted by atomic mass is 14.1. The summed E-state index contributed by atoms with van der Waals surface area (Å²) in [6, 6.07) is 0. The largest absolute Gasteiger partial charge is 0.0951 e. The van der Waals surface area contributed by atoms with Crippen LogP contribution in [0.2, 0.25) is 0 Å². The van der Waals surface area contributed by atoms with Gasteiger partial charge in [0.15, 0.2) is 0 Å². The molecule has 2 atom stereocenters. The highest BCUT2D eigenvalue weighted by Gasteiger charge is 2.02. The SMILES string of the molecule is CC=C(C)C1C#CC(C)C=CC=C1. The van der Waals surface area contributed by atoms with Gasteiger partial charge >= 0.3 is 0 Å². The molecule has 0 heteroatoms. The van der Waals surface area contributed by atoms with Crippen LogP contribution in [0.25, 0.3) is 0 Å². The van der Waals surface area contributed by atoms with Crippen LogP contribution >= 0.6 is 0 Å². The van der Waals surface area contributed by atoms with E-state index in [0.717, 1.165) is 0 Å². The van der Waals surface area contributed by atoms with Gasteiger partial charge in [0, 0.05) is 5.92 Å². The number of hydrogen-bond donors (Lipinski definition) is 0. The van der Waals surface area contributed by atoms with E-state index in [2.05, 4.69) is 63.0 Å². The molecule has 0 saturated heterocycles. The summed E-state index contributed by atoms with van der Waals surface area (Å²) in [5.41, 5.74) is 1.33. The molecule has 1 rings (SSSR count). The lowest BCUT2D eigenvalue weighted by molar-refractivity contribution is 0.945. The lowest BCUT2D eigenvalue weighted by Crippen LogP contribution is -1.96. The Morgan fingerprint density at radius 3 is 2.62 bits per heavy atom. The molecule has 0 aromatic carbocycles. The molecule has 0 bridgehead atoms. The summed E-state index contributed by atoms with van der Waals surface area (Å²) < 4.78 is 0. The molecule has 0 amide bonds. The molecule has 0 aromatic rings. The first-order valence-electron chi connectivity index (χ1n) is 4.73. The van der Waals surface area contributed by atoms with Crippen LogP contribution in [-0.4, -0.2) is 0 Å². The minimum Gasteiger partial charge on any atom is -0.0951 e. The predicted octanol–water partition coefficient (Wildman–Crippen LogP) is 3.33. The topological polar surface area (TPSA) is 0 Å². The van der Waals surface area contributed by atoms with Crippen molar-refractivity contribution in [1.82, 2.24) is 0 Å². The summed E-state index contributed by atoms with van der Waals surface area (Å²) in [5, 5.41) is 0. The van der Waals surface area contributed by atoms with E-state index in [-0.39, 0.29) is 0 Å². The molecule has 68 valence electrons. The lowest BCUT2D eigenvalue weighted by atomic mass is 9.97. The molecule has 1 aliphatic rings. The molecule has 0 aliphatic heterocycles. The Kier molecular flexibility index (Phi) is 3.58. The van der Waals surface area contributed by atoms with Crippen LogP contribution in [0.15, 0.2) is 36.0 Å². The van der Waals surface area contributed by atoms with Gasteiger partial charge < -0.3 is 0 Å². The summed E-state index contributed by atoms with van der Waals surface area (Å²) >= 11 is 0. The Hall–Kier alpha value is -1.22. The van der Waals surface area contributed by atoms with Crippen molar-refractivity contribution in [1.29, 1.82) is 0 Å². The maximum absolute atomic E-state index is 3.27. The molecular formula is C13H16. The zero-order valence-corrected chi connectivity index (χ0v) is 8.54. The van der Waals surface area contributed by atoms with E-state index in [1.165, 1.54) is 5.57 Å². The van der Waals surface area contributed by atoms with Crippen molar-refractivity contribution >= 4 is 0 Å². The molecule has 0 nitrogen and oxygen atoms in total. The molecule has 0 aromatic heterocycles. The summed E-state index contributed by atoms with van der Waals surface area (Å²) in [5.74, 6) is 7.16. The molecule has 0 fully saturated rings. The zero-order chi connectivity index (χ0) is 9.68. The molecule has 0 spiro atoms. The van der Waals surface area contributed by atoms with Crippen LogP contribution in [0.5, 0.6) is 0 Å². The fourth-order valence-electron chi connectivity index (χ4n) is 1.17. The third-order valence-electron chi connectivity index (χ3n) is 2.23. The van der Waals surface area contributed by atoms with Gasteiger partial charge in [0.1, 0.15) is 0 Å². The normalized spacial score (nSPS) is 27.5. The first kappa shape index (κ1) is 9.86. The average molecular weight is 172 g/mol. The van der Waals surface area contributed by atoms with Crippen molar-refractivity contribution in [2.24, 2.45) is 11.8 Å². The Morgan fingerprint density at radius 2 is 1.92 bits per heavy atom. The second kappa shape index (κ2) is 4.72. The van der Waals surface area contributed by atoms with E-state index >= 15 is 0 Å². The van der Waals surface area contributed by atoms with Gasteiger partial charge in [-0.1, -0.05) is 47.8 Å². The Bertz CT molecular complexity index is 305. The van der Waals surface area contributed by atoms with Crippen molar-refractivity contribution < 1.29 is 0 Å². The van der Waals surface area contributed by atoms with Crippen LogP contribution in [-0.2, 0) is 0 Å². The van der Waals surface area contributed by atoms with Crippen LogP contribution in [0.4, 0.5) is 0 Å². The molecule has 2 unspecified atom stereocenters. The van der Waals surface area contributed by atoms with Crippen LogP contribution < -0.4 is 0 Å². The Morgan fingerprint density at radius 1 is 1.23 bits per heavy atom. The monoisotopic (exact) mass is 172 g/mol. The fraction of sp³-hybridized carbons (Fsp3) is 0.385. The number of allylic oxidation sites excluding steroid dienone is 6. The summed E-state index contributed by atoms with van der Waals surface area (Å²) in [7, 11) is 0. The van der Waals surface area contributed by atoms with Gasteiger partial charge in [0.2, 0.25) is 0 Å². The van der Waals surface area contributed by atoms with E-state index in [1.807, 2.05) is 0 Å². The van der Waals surface area contributed by atoms with Gasteiger partial charge in [-0.25, -0.2) is 0 Å². The standard InChI is InChI=1S/C13H16/c1-4-12(3)13-8-6-5-7-11(2)9-10-13/h4-8,11,13H,1-3H3. The maximum atomic E-state index is 3.27. The van der Waals surface area contributed by atoms with Gasteiger partial charge in [-0.05, 0) is 20.8 Å². The molecule has 1 aliphatic carbocycles. The van der Waals surface area contributed by atoms with Crippen molar-refractivity contribution in [2.75, 3.05) is 0 Å². The van der Waals surface area contributed by atoms with Crippen LogP contribution in [0, 0.1) is 23.7 Å². The fourth-order valence-corrected chi connectivity index (χ4v) is 1.17. The molecular weight excluding hydrogens is 156 g/mol. The van der Waals surface area contributed by atoms with Crippen LogP contribution in [0.1, 0.15) is 20.8 Å². The minimum atomic E-state index is 0.303. The maximum Gasteiger partial charge on any atom is 0.0593 e. The van der Waals surface area contributed by atoms with Crippen molar-refractivity contribution in [3.05, 3.63) is 36.0 Å². The van der Waals surface area contributed by atoms with E-state index in [9.17, 15) is 0 Å². The van der Waals surface area contributed by atoms with Gasteiger partial charge in [-0.3, -0.25) is 0 Å². The van der Waals surface area contributed by atoms with Crippen LogP contribution in [0.3, 0.4) is 0 Å². The molecule has 0 saturated carbocycles. The first-order valence-corrected chi connectivity index (χ1v) is 4.73. The quantitative estimate of drug-likeness (QED) is 0.420. The van der Waals surface area contributed by atoms with Gasteiger partial charge in [0.25, 0.3) is 0 Å². The number of hydrogen-bond acceptors (Lipinski definition) is 0. The van der Waals surface area contributed by atoms with E-state index in [4.69, 9.17) is 0 Å². The van der Waals surface area contributed by atoms with Crippen molar-refractivity contribution in [3.63, 3.8) is 0 Å². The van der Waals surface area contributed by atoms with Crippen molar-refractivity contribution in [2.45, 2.75) is 20.8 Å². The predicted molar refractivity (Wildman–Crippen MR) is 58.1 cm³/mol. The lowest BCUT2D eigenvalue weighted by Gasteiger charge is -2.06. The highest BCUT2D eigenvalue weighted by Crippen LogP contribution is 2.13. The molecule has 0 radical (unpaired) electrons. The van der Waals surface area contributed by atoms with E-state index in [0.29, 0.717) is 11.8 Å². The summed E-state index contributed by atoms with van der Waals surface area (Å²) in [6.45, 7) is 6.30. The second-order valence-electron chi connectivity index (χ2n) is 3.36. The third-order valence-corrected chi connectivity index (χ3v) is 2.23. The summed E-state index contributed by atoms with van der Waals surface area (Å²) in [6.07, 6.45) is 10.5. The molecule has 13 heavy (non-hydrogen) atoms. The smallest absolute Gasteiger partial charge is 0.0593 e. The number of rotatable bonds is 1. The average Bonchev–Trinajstić information content (AvgIpc) is 2.11. The zero-order valence-electron chi connectivity index (χ0n) is 8.54.